The zero-order valence-electron chi connectivity index (χ0n) is 36.7. The maximum Gasteiger partial charge on any atom is 0.326 e. The minimum atomic E-state index is -1.69. The van der Waals surface area contributed by atoms with E-state index in [2.05, 4.69) is 42.2 Å². The van der Waals surface area contributed by atoms with Crippen molar-refractivity contribution in [3.05, 3.63) is 0 Å². The Kier molecular flexibility index (Phi) is 26.4. The number of aliphatic imine (C=N–C) groups is 1. The van der Waals surface area contributed by atoms with Crippen LogP contribution in [0.3, 0.4) is 0 Å². The lowest BCUT2D eigenvalue weighted by molar-refractivity contribution is -0.143. The molecule has 0 saturated carbocycles. The van der Waals surface area contributed by atoms with Gasteiger partial charge in [0, 0.05) is 13.0 Å². The summed E-state index contributed by atoms with van der Waals surface area (Å²) in [5.41, 5.74) is 21.7. The van der Waals surface area contributed by atoms with E-state index in [1.807, 2.05) is 0 Å². The van der Waals surface area contributed by atoms with Crippen LogP contribution in [-0.4, -0.2) is 142 Å². The molecule has 0 aromatic heterocycles. The zero-order chi connectivity index (χ0) is 48.6. The number of aliphatic hydroxyl groups is 1. The lowest BCUT2D eigenvalue weighted by Crippen LogP contribution is -2.59. The lowest BCUT2D eigenvalue weighted by Gasteiger charge is -2.29. The molecule has 0 saturated heterocycles. The van der Waals surface area contributed by atoms with Crippen molar-refractivity contribution in [1.29, 1.82) is 0 Å². The first kappa shape index (κ1) is 56.9. The molecule has 18 N–H and O–H groups in total. The molecule has 25 heteroatoms. The highest BCUT2D eigenvalue weighted by atomic mass is 16.4. The van der Waals surface area contributed by atoms with Crippen molar-refractivity contribution in [2.75, 3.05) is 19.7 Å². The van der Waals surface area contributed by atoms with E-state index in [1.165, 1.54) is 0 Å². The van der Waals surface area contributed by atoms with Crippen LogP contribution in [-0.2, 0) is 47.9 Å². The van der Waals surface area contributed by atoms with Gasteiger partial charge in [0.15, 0.2) is 5.96 Å². The van der Waals surface area contributed by atoms with Crippen molar-refractivity contribution in [1.82, 2.24) is 37.2 Å². The first-order valence-electron chi connectivity index (χ1n) is 20.6. The number of nitrogens with two attached hydrogens (primary N) is 4. The monoisotopic (exact) mass is 901 g/mol. The summed E-state index contributed by atoms with van der Waals surface area (Å²) in [5, 5.41) is 45.2. The molecule has 0 aliphatic carbocycles. The molecule has 358 valence electrons. The second-order valence-corrected chi connectivity index (χ2v) is 15.9. The Morgan fingerprint density at radius 2 is 1.13 bits per heavy atom. The molecule has 0 heterocycles. The number of aliphatic hydroxyl groups excluding tert-OH is 1. The second-order valence-electron chi connectivity index (χ2n) is 15.9. The quantitative estimate of drug-likeness (QED) is 0.0177. The standard InChI is InChI=1S/C38H68N12O13/c1-7-20(6)30(50-31(56)21(39)15-27(40)52)36(61)47-24(13-18(2)3)34(59)46-22(9-8-12-43-38(41)42)32(57)44-16-28(53)45-23(10-11-29(54)55)33(58)49-26(17-51)35(60)48-25(37(62)63)14-19(4)5/h18-26,30,51H,7-17,39H2,1-6H3,(H2,40,52)(H,44,57)(H,45,53)(H,46,59)(H,47,61)(H,48,60)(H,49,58)(H,50,56)(H,54,55)(H,62,63)(H4,41,42,43)/t20-,21-,22-,23-,24-,25-,26-,30-/m0/s1. The summed E-state index contributed by atoms with van der Waals surface area (Å²) in [5.74, 6) is -11.0. The third-order valence-corrected chi connectivity index (χ3v) is 9.33. The van der Waals surface area contributed by atoms with Crippen LogP contribution in [0.5, 0.6) is 0 Å². The van der Waals surface area contributed by atoms with E-state index in [4.69, 9.17) is 22.9 Å². The molecule has 0 aromatic carbocycles. The van der Waals surface area contributed by atoms with E-state index in [9.17, 15) is 63.3 Å². The van der Waals surface area contributed by atoms with Crippen molar-refractivity contribution < 1.29 is 63.3 Å². The zero-order valence-corrected chi connectivity index (χ0v) is 36.7. The van der Waals surface area contributed by atoms with E-state index in [0.717, 1.165) is 0 Å². The van der Waals surface area contributed by atoms with Crippen LogP contribution < -0.4 is 60.2 Å². The number of hydrogen-bond acceptors (Lipinski definition) is 13. The van der Waals surface area contributed by atoms with Crippen molar-refractivity contribution in [3.8, 4) is 0 Å². The van der Waals surface area contributed by atoms with Crippen molar-refractivity contribution in [2.45, 2.75) is 135 Å². The molecule has 0 spiro atoms. The molecule has 8 amide bonds. The number of rotatable bonds is 31. The van der Waals surface area contributed by atoms with Crippen LogP contribution in [0.1, 0.15) is 92.9 Å². The van der Waals surface area contributed by atoms with Crippen molar-refractivity contribution in [2.24, 2.45) is 45.7 Å². The molecule has 0 unspecified atom stereocenters. The fourth-order valence-corrected chi connectivity index (χ4v) is 5.78. The Morgan fingerprint density at radius 1 is 0.619 bits per heavy atom. The van der Waals surface area contributed by atoms with Gasteiger partial charge in [0.05, 0.1) is 25.6 Å². The molecule has 0 aliphatic heterocycles. The summed E-state index contributed by atoms with van der Waals surface area (Å²) in [7, 11) is 0. The third-order valence-electron chi connectivity index (χ3n) is 9.33. The van der Waals surface area contributed by atoms with Crippen molar-refractivity contribution >= 4 is 65.2 Å². The van der Waals surface area contributed by atoms with Crippen LogP contribution >= 0.6 is 0 Å². The van der Waals surface area contributed by atoms with Gasteiger partial charge in [-0.1, -0.05) is 48.0 Å². The fourth-order valence-electron chi connectivity index (χ4n) is 5.78. The number of primary amides is 1. The van der Waals surface area contributed by atoms with E-state index in [-0.39, 0.29) is 50.0 Å². The van der Waals surface area contributed by atoms with Gasteiger partial charge >= 0.3 is 11.9 Å². The number of carbonyl (C=O) groups is 10. The first-order chi connectivity index (χ1) is 29.3. The van der Waals surface area contributed by atoms with Crippen LogP contribution in [0.4, 0.5) is 0 Å². The molecule has 25 nitrogen and oxygen atoms in total. The SMILES string of the molecule is CC[C@H](C)[C@H](NC(=O)[C@@H](N)CC(N)=O)C(=O)N[C@@H](CC(C)C)C(=O)N[C@@H](CCCN=C(N)N)C(=O)NCC(=O)N[C@@H](CCC(=O)O)C(=O)N[C@@H](CO)C(=O)N[C@@H](CC(C)C)C(=O)O. The minimum Gasteiger partial charge on any atom is -0.481 e. The van der Waals surface area contributed by atoms with Crippen LogP contribution in [0, 0.1) is 17.8 Å². The predicted molar refractivity (Wildman–Crippen MR) is 226 cm³/mol. The molecular weight excluding hydrogens is 832 g/mol. The van der Waals surface area contributed by atoms with E-state index < -0.39 is 140 Å². The number of carboxylic acids is 2. The average Bonchev–Trinajstić information content (AvgIpc) is 3.18. The maximum absolute atomic E-state index is 13.8. The number of amides is 8. The van der Waals surface area contributed by atoms with Gasteiger partial charge in [0.25, 0.3) is 0 Å². The summed E-state index contributed by atoms with van der Waals surface area (Å²) in [6.07, 6.45) is -1.05. The Bertz CT molecular complexity index is 1620. The number of nitrogens with zero attached hydrogens (tertiary/aromatic N) is 1. The molecule has 63 heavy (non-hydrogen) atoms. The van der Waals surface area contributed by atoms with E-state index >= 15 is 0 Å². The average molecular weight is 901 g/mol. The van der Waals surface area contributed by atoms with Gasteiger partial charge in [-0.05, 0) is 49.9 Å². The predicted octanol–water partition coefficient (Wildman–Crippen LogP) is -4.65. The highest BCUT2D eigenvalue weighted by Gasteiger charge is 2.34. The lowest BCUT2D eigenvalue weighted by atomic mass is 9.96. The molecule has 0 rings (SSSR count). The number of hydrogen-bond donors (Lipinski definition) is 14. The van der Waals surface area contributed by atoms with Gasteiger partial charge < -0.3 is 75.5 Å². The molecule has 0 radical (unpaired) electrons. The topological polar surface area (TPSA) is 432 Å². The highest BCUT2D eigenvalue weighted by molar-refractivity contribution is 5.97. The van der Waals surface area contributed by atoms with Crippen LogP contribution in [0.2, 0.25) is 0 Å². The van der Waals surface area contributed by atoms with E-state index in [1.54, 1.807) is 41.5 Å². The largest absolute Gasteiger partial charge is 0.481 e. The Hall–Kier alpha value is -6.11. The summed E-state index contributed by atoms with van der Waals surface area (Å²) >= 11 is 0. The van der Waals surface area contributed by atoms with Gasteiger partial charge in [-0.3, -0.25) is 48.1 Å². The number of nitrogens with one attached hydrogen (secondary N) is 7. The second kappa shape index (κ2) is 29.2. The Morgan fingerprint density at radius 3 is 1.63 bits per heavy atom. The normalized spacial score (nSPS) is 14.8. The number of carbonyl (C=O) groups excluding carboxylic acids is 8. The summed E-state index contributed by atoms with van der Waals surface area (Å²) in [4.78, 5) is 131. The summed E-state index contributed by atoms with van der Waals surface area (Å²) in [6.45, 7) is 8.65. The van der Waals surface area contributed by atoms with Gasteiger partial charge in [-0.25, -0.2) is 4.79 Å². The van der Waals surface area contributed by atoms with Gasteiger partial charge in [-0.15, -0.1) is 0 Å². The Labute approximate surface area is 365 Å². The Balaban J connectivity index is 6.21. The number of carboxylic acid groups (broad SMARTS) is 2. The highest BCUT2D eigenvalue weighted by Crippen LogP contribution is 2.12. The van der Waals surface area contributed by atoms with E-state index in [0.29, 0.717) is 6.42 Å². The minimum absolute atomic E-state index is 0.0313. The van der Waals surface area contributed by atoms with Gasteiger partial charge in [0.1, 0.15) is 36.3 Å². The summed E-state index contributed by atoms with van der Waals surface area (Å²) < 4.78 is 0. The number of aliphatic carboxylic acids is 2. The van der Waals surface area contributed by atoms with Gasteiger partial charge in [0.2, 0.25) is 47.3 Å². The molecule has 0 bridgehead atoms. The maximum atomic E-state index is 13.8. The van der Waals surface area contributed by atoms with Crippen LogP contribution in [0.25, 0.3) is 0 Å². The third kappa shape index (κ3) is 23.6. The molecule has 0 aliphatic rings. The smallest absolute Gasteiger partial charge is 0.326 e. The van der Waals surface area contributed by atoms with Gasteiger partial charge in [-0.2, -0.15) is 0 Å². The fraction of sp³-hybridized carbons (Fsp3) is 0.711. The van der Waals surface area contributed by atoms with Crippen molar-refractivity contribution in [3.63, 3.8) is 0 Å². The molecular formula is C38H68N12O13. The van der Waals surface area contributed by atoms with Crippen LogP contribution in [0.15, 0.2) is 4.99 Å². The summed E-state index contributed by atoms with van der Waals surface area (Å²) in [6, 6.07) is -9.78. The number of guanidine groups is 1. The molecule has 8 atom stereocenters. The molecule has 0 fully saturated rings. The molecule has 0 aromatic rings. The first-order valence-corrected chi connectivity index (χ1v) is 20.6.